The van der Waals surface area contributed by atoms with Crippen molar-refractivity contribution in [3.63, 3.8) is 0 Å². The van der Waals surface area contributed by atoms with E-state index >= 15 is 0 Å². The fourth-order valence-electron chi connectivity index (χ4n) is 3.29. The molecule has 0 aromatic heterocycles. The molecule has 110 valence electrons. The predicted octanol–water partition coefficient (Wildman–Crippen LogP) is 3.26. The Hall–Kier alpha value is -1.64. The zero-order valence-electron chi connectivity index (χ0n) is 12.3. The van der Waals surface area contributed by atoms with Crippen LogP contribution in [0.2, 0.25) is 0 Å². The zero-order chi connectivity index (χ0) is 14.5. The minimum atomic E-state index is 0.260. The molecule has 0 radical (unpaired) electrons. The third-order valence-corrected chi connectivity index (χ3v) is 4.34. The van der Waals surface area contributed by atoms with Crippen LogP contribution in [-0.2, 0) is 12.8 Å². The molecule has 21 heavy (non-hydrogen) atoms. The fraction of sp³-hybridized carbons (Fsp3) is 0.368. The van der Waals surface area contributed by atoms with Crippen LogP contribution in [-0.4, -0.2) is 17.8 Å². The van der Waals surface area contributed by atoms with Gasteiger partial charge in [-0.15, -0.1) is 0 Å². The molecule has 0 fully saturated rings. The lowest BCUT2D eigenvalue weighted by Crippen LogP contribution is -2.33. The summed E-state index contributed by atoms with van der Waals surface area (Å²) in [4.78, 5) is 0. The van der Waals surface area contributed by atoms with E-state index < -0.39 is 0 Å². The maximum atomic E-state index is 9.14. The van der Waals surface area contributed by atoms with Crippen molar-refractivity contribution < 1.29 is 5.11 Å². The molecule has 1 unspecified atom stereocenters. The van der Waals surface area contributed by atoms with Gasteiger partial charge in [-0.05, 0) is 42.4 Å². The van der Waals surface area contributed by atoms with Gasteiger partial charge in [-0.1, -0.05) is 54.6 Å². The van der Waals surface area contributed by atoms with Crippen LogP contribution >= 0.6 is 0 Å². The summed E-state index contributed by atoms with van der Waals surface area (Å²) in [7, 11) is 0. The first kappa shape index (κ1) is 14.3. The molecule has 1 aliphatic carbocycles. The van der Waals surface area contributed by atoms with Crippen molar-refractivity contribution in [3.8, 4) is 0 Å². The first-order valence-electron chi connectivity index (χ1n) is 7.85. The number of aliphatic hydroxyl groups is 1. The summed E-state index contributed by atoms with van der Waals surface area (Å²) in [6.45, 7) is 0.260. The fourth-order valence-corrected chi connectivity index (χ4v) is 3.29. The highest BCUT2D eigenvalue weighted by Crippen LogP contribution is 2.26. The third-order valence-electron chi connectivity index (χ3n) is 4.34. The summed E-state index contributed by atoms with van der Waals surface area (Å²) < 4.78 is 0. The normalized spacial score (nSPS) is 15.9. The van der Waals surface area contributed by atoms with Crippen LogP contribution in [0.4, 0.5) is 0 Å². The molecule has 2 aromatic rings. The van der Waals surface area contributed by atoms with Crippen molar-refractivity contribution in [3.05, 3.63) is 71.3 Å². The Bertz CT molecular complexity index is 542. The molecule has 0 saturated carbocycles. The molecule has 0 spiro atoms. The monoisotopic (exact) mass is 281 g/mol. The maximum Gasteiger partial charge on any atom is 0.0431 e. The summed E-state index contributed by atoms with van der Waals surface area (Å²) >= 11 is 0. The van der Waals surface area contributed by atoms with Gasteiger partial charge in [0, 0.05) is 18.7 Å². The molecular weight excluding hydrogens is 258 g/mol. The molecule has 0 aliphatic heterocycles. The number of rotatable bonds is 6. The Morgan fingerprint density at radius 1 is 0.952 bits per heavy atom. The van der Waals surface area contributed by atoms with Gasteiger partial charge in [0.1, 0.15) is 0 Å². The van der Waals surface area contributed by atoms with Gasteiger partial charge < -0.3 is 10.4 Å². The van der Waals surface area contributed by atoms with Crippen LogP contribution in [0.5, 0.6) is 0 Å². The Morgan fingerprint density at radius 2 is 1.57 bits per heavy atom. The maximum absolute atomic E-state index is 9.14. The van der Waals surface area contributed by atoms with E-state index in [1.807, 2.05) is 0 Å². The highest BCUT2D eigenvalue weighted by molar-refractivity contribution is 5.33. The Balaban J connectivity index is 1.68. The standard InChI is InChI=1S/C19H23NO/c21-12-6-11-19(15-7-2-1-3-8-15)20-18-13-16-9-4-5-10-17(16)14-18/h1-5,7-10,18-21H,6,11-14H2. The zero-order valence-corrected chi connectivity index (χ0v) is 12.3. The molecule has 0 heterocycles. The van der Waals surface area contributed by atoms with Crippen LogP contribution in [0.25, 0.3) is 0 Å². The summed E-state index contributed by atoms with van der Waals surface area (Å²) in [5.41, 5.74) is 4.27. The van der Waals surface area contributed by atoms with Crippen molar-refractivity contribution in [1.29, 1.82) is 0 Å². The summed E-state index contributed by atoms with van der Waals surface area (Å²) in [6, 6.07) is 20.2. The number of fused-ring (bicyclic) bond motifs is 1. The van der Waals surface area contributed by atoms with Crippen molar-refractivity contribution in [2.75, 3.05) is 6.61 Å². The van der Waals surface area contributed by atoms with Crippen LogP contribution in [0.1, 0.15) is 35.6 Å². The second kappa shape index (κ2) is 6.88. The minimum absolute atomic E-state index is 0.260. The number of hydrogen-bond donors (Lipinski definition) is 2. The lowest BCUT2D eigenvalue weighted by molar-refractivity contribution is 0.271. The van der Waals surface area contributed by atoms with Gasteiger partial charge in [-0.3, -0.25) is 0 Å². The Kier molecular flexibility index (Phi) is 4.69. The van der Waals surface area contributed by atoms with Crippen LogP contribution < -0.4 is 5.32 Å². The molecule has 1 aliphatic rings. The van der Waals surface area contributed by atoms with Crippen LogP contribution in [0, 0.1) is 0 Å². The van der Waals surface area contributed by atoms with Gasteiger partial charge in [0.05, 0.1) is 0 Å². The number of hydrogen-bond acceptors (Lipinski definition) is 2. The van der Waals surface area contributed by atoms with E-state index in [0.29, 0.717) is 12.1 Å². The molecule has 2 aromatic carbocycles. The molecule has 2 nitrogen and oxygen atoms in total. The molecule has 1 atom stereocenters. The van der Waals surface area contributed by atoms with Gasteiger partial charge in [0.2, 0.25) is 0 Å². The second-order valence-electron chi connectivity index (χ2n) is 5.87. The number of aliphatic hydroxyl groups excluding tert-OH is 1. The molecule has 3 rings (SSSR count). The molecule has 2 N–H and O–H groups in total. The van der Waals surface area contributed by atoms with Crippen molar-refractivity contribution >= 4 is 0 Å². The number of nitrogens with one attached hydrogen (secondary N) is 1. The Labute approximate surface area is 126 Å². The van der Waals surface area contributed by atoms with Gasteiger partial charge in [-0.25, -0.2) is 0 Å². The highest BCUT2D eigenvalue weighted by atomic mass is 16.2. The highest BCUT2D eigenvalue weighted by Gasteiger charge is 2.23. The lowest BCUT2D eigenvalue weighted by Gasteiger charge is -2.23. The molecule has 0 amide bonds. The SMILES string of the molecule is OCCCC(NC1Cc2ccccc2C1)c1ccccc1. The predicted molar refractivity (Wildman–Crippen MR) is 86.3 cm³/mol. The summed E-state index contributed by atoms with van der Waals surface area (Å²) in [5.74, 6) is 0. The van der Waals surface area contributed by atoms with E-state index in [2.05, 4.69) is 59.9 Å². The van der Waals surface area contributed by atoms with E-state index in [4.69, 9.17) is 5.11 Å². The number of benzene rings is 2. The van der Waals surface area contributed by atoms with Crippen molar-refractivity contribution in [1.82, 2.24) is 5.32 Å². The Morgan fingerprint density at radius 3 is 2.19 bits per heavy atom. The summed E-state index contributed by atoms with van der Waals surface area (Å²) in [5, 5.41) is 12.9. The van der Waals surface area contributed by atoms with E-state index in [0.717, 1.165) is 25.7 Å². The van der Waals surface area contributed by atoms with Crippen LogP contribution in [0.15, 0.2) is 54.6 Å². The van der Waals surface area contributed by atoms with Crippen molar-refractivity contribution in [2.45, 2.75) is 37.8 Å². The molecule has 0 saturated heterocycles. The third kappa shape index (κ3) is 3.52. The average Bonchev–Trinajstić information content (AvgIpc) is 2.94. The smallest absolute Gasteiger partial charge is 0.0431 e. The lowest BCUT2D eigenvalue weighted by atomic mass is 10.0. The summed E-state index contributed by atoms with van der Waals surface area (Å²) in [6.07, 6.45) is 4.04. The second-order valence-corrected chi connectivity index (χ2v) is 5.87. The first-order chi connectivity index (χ1) is 10.4. The molecular formula is C19H23NO. The van der Waals surface area contributed by atoms with E-state index in [1.54, 1.807) is 0 Å². The van der Waals surface area contributed by atoms with E-state index in [9.17, 15) is 0 Å². The topological polar surface area (TPSA) is 32.3 Å². The van der Waals surface area contributed by atoms with Gasteiger partial charge in [0.25, 0.3) is 0 Å². The largest absolute Gasteiger partial charge is 0.396 e. The van der Waals surface area contributed by atoms with Crippen LogP contribution in [0.3, 0.4) is 0 Å². The van der Waals surface area contributed by atoms with Crippen molar-refractivity contribution in [2.24, 2.45) is 0 Å². The quantitative estimate of drug-likeness (QED) is 0.852. The first-order valence-corrected chi connectivity index (χ1v) is 7.85. The van der Waals surface area contributed by atoms with E-state index in [1.165, 1.54) is 16.7 Å². The minimum Gasteiger partial charge on any atom is -0.396 e. The average molecular weight is 281 g/mol. The molecule has 0 bridgehead atoms. The molecule has 2 heteroatoms. The van der Waals surface area contributed by atoms with Gasteiger partial charge >= 0.3 is 0 Å². The van der Waals surface area contributed by atoms with Gasteiger partial charge in [-0.2, -0.15) is 0 Å². The van der Waals surface area contributed by atoms with Gasteiger partial charge in [0.15, 0.2) is 0 Å². The van der Waals surface area contributed by atoms with E-state index in [-0.39, 0.29) is 6.61 Å².